The molecule has 2 aromatic rings. The largest absolute Gasteiger partial charge is 0.495 e. The standard InChI is InChI=1S/C17H19N3O7S/c1-26-15-9-8-12(20(22)23)10-13(15)18-17(21)11-19(28(3,24)25)14-6-4-5-7-16(14)27-2/h4-10H,11H2,1-3H3,(H,18,21). The molecule has 0 fully saturated rings. The molecule has 10 nitrogen and oxygen atoms in total. The summed E-state index contributed by atoms with van der Waals surface area (Å²) >= 11 is 0. The van der Waals surface area contributed by atoms with E-state index in [0.29, 0.717) is 0 Å². The number of carbonyl (C=O) groups is 1. The van der Waals surface area contributed by atoms with Crippen molar-refractivity contribution in [3.05, 3.63) is 52.6 Å². The van der Waals surface area contributed by atoms with Crippen LogP contribution in [-0.2, 0) is 14.8 Å². The summed E-state index contributed by atoms with van der Waals surface area (Å²) in [7, 11) is -1.10. The molecule has 0 heterocycles. The minimum Gasteiger partial charge on any atom is -0.495 e. The van der Waals surface area contributed by atoms with Crippen LogP contribution in [0.5, 0.6) is 11.5 Å². The van der Waals surface area contributed by atoms with Crippen LogP contribution >= 0.6 is 0 Å². The highest BCUT2D eigenvalue weighted by molar-refractivity contribution is 7.92. The number of para-hydroxylation sites is 2. The zero-order valence-corrected chi connectivity index (χ0v) is 16.2. The number of hydrogen-bond donors (Lipinski definition) is 1. The maximum absolute atomic E-state index is 12.5. The molecule has 1 amide bonds. The molecule has 2 rings (SSSR count). The number of benzene rings is 2. The average molecular weight is 409 g/mol. The number of anilines is 2. The third kappa shape index (κ3) is 4.88. The maximum Gasteiger partial charge on any atom is 0.271 e. The quantitative estimate of drug-likeness (QED) is 0.522. The van der Waals surface area contributed by atoms with Gasteiger partial charge in [-0.15, -0.1) is 0 Å². The molecule has 11 heteroatoms. The van der Waals surface area contributed by atoms with E-state index in [0.717, 1.165) is 16.6 Å². The number of ether oxygens (including phenoxy) is 2. The molecule has 28 heavy (non-hydrogen) atoms. The highest BCUT2D eigenvalue weighted by atomic mass is 32.2. The van der Waals surface area contributed by atoms with Crippen molar-refractivity contribution in [1.29, 1.82) is 0 Å². The Kier molecular flexibility index (Phi) is 6.41. The number of carbonyl (C=O) groups excluding carboxylic acids is 1. The van der Waals surface area contributed by atoms with Gasteiger partial charge < -0.3 is 14.8 Å². The normalized spacial score (nSPS) is 10.8. The first-order valence-electron chi connectivity index (χ1n) is 7.90. The van der Waals surface area contributed by atoms with E-state index < -0.39 is 27.4 Å². The number of nitrogens with one attached hydrogen (secondary N) is 1. The van der Waals surface area contributed by atoms with Crippen LogP contribution in [0.15, 0.2) is 42.5 Å². The molecular formula is C17H19N3O7S. The summed E-state index contributed by atoms with van der Waals surface area (Å²) in [5, 5.41) is 13.4. The monoisotopic (exact) mass is 409 g/mol. The Labute approximate surface area is 161 Å². The van der Waals surface area contributed by atoms with Gasteiger partial charge in [-0.3, -0.25) is 19.2 Å². The molecule has 0 bridgehead atoms. The highest BCUT2D eigenvalue weighted by Crippen LogP contribution is 2.31. The summed E-state index contributed by atoms with van der Waals surface area (Å²) in [6.45, 7) is -0.564. The van der Waals surface area contributed by atoms with E-state index in [-0.39, 0.29) is 28.6 Å². The molecule has 1 N–H and O–H groups in total. The molecular weight excluding hydrogens is 390 g/mol. The van der Waals surface area contributed by atoms with Gasteiger partial charge in [0, 0.05) is 12.1 Å². The van der Waals surface area contributed by atoms with Crippen LogP contribution in [0, 0.1) is 10.1 Å². The van der Waals surface area contributed by atoms with Crippen LogP contribution in [0.1, 0.15) is 0 Å². The minimum absolute atomic E-state index is 0.0511. The van der Waals surface area contributed by atoms with Crippen LogP contribution in [0.2, 0.25) is 0 Å². The third-order valence-electron chi connectivity index (χ3n) is 3.71. The predicted octanol–water partition coefficient (Wildman–Crippen LogP) is 2.02. The number of rotatable bonds is 8. The number of methoxy groups -OCH3 is 2. The van der Waals surface area contributed by atoms with E-state index >= 15 is 0 Å². The molecule has 0 unspecified atom stereocenters. The summed E-state index contributed by atoms with van der Waals surface area (Å²) in [6.07, 6.45) is 0.959. The van der Waals surface area contributed by atoms with Gasteiger partial charge in [0.2, 0.25) is 15.9 Å². The number of sulfonamides is 1. The van der Waals surface area contributed by atoms with Crippen LogP contribution in [0.4, 0.5) is 17.1 Å². The number of nitrogens with zero attached hydrogens (tertiary/aromatic N) is 2. The third-order valence-corrected chi connectivity index (χ3v) is 4.84. The van der Waals surface area contributed by atoms with Crippen LogP contribution in [0.25, 0.3) is 0 Å². The van der Waals surface area contributed by atoms with Gasteiger partial charge in [0.1, 0.15) is 18.0 Å². The van der Waals surface area contributed by atoms with Crippen molar-refractivity contribution in [2.45, 2.75) is 0 Å². The Hall–Kier alpha value is -3.34. The maximum atomic E-state index is 12.5. The number of nitro groups is 1. The van der Waals surface area contributed by atoms with Crippen molar-refractivity contribution in [1.82, 2.24) is 0 Å². The Morgan fingerprint density at radius 2 is 1.79 bits per heavy atom. The van der Waals surface area contributed by atoms with Gasteiger partial charge in [-0.05, 0) is 18.2 Å². The number of nitro benzene ring substituents is 1. The molecule has 2 aromatic carbocycles. The van der Waals surface area contributed by atoms with E-state index in [2.05, 4.69) is 5.32 Å². The van der Waals surface area contributed by atoms with Crippen molar-refractivity contribution in [2.75, 3.05) is 36.6 Å². The predicted molar refractivity (Wildman–Crippen MR) is 103 cm³/mol. The lowest BCUT2D eigenvalue weighted by atomic mass is 10.2. The zero-order valence-electron chi connectivity index (χ0n) is 15.4. The summed E-state index contributed by atoms with van der Waals surface area (Å²) in [6, 6.07) is 10.0. The van der Waals surface area contributed by atoms with E-state index in [1.807, 2.05) is 0 Å². The summed E-state index contributed by atoms with van der Waals surface area (Å²) in [5.41, 5.74) is -0.00960. The van der Waals surface area contributed by atoms with Crippen molar-refractivity contribution in [2.24, 2.45) is 0 Å². The van der Waals surface area contributed by atoms with Gasteiger partial charge in [0.15, 0.2) is 0 Å². The Bertz CT molecular complexity index is 992. The fourth-order valence-corrected chi connectivity index (χ4v) is 3.30. The second-order valence-electron chi connectivity index (χ2n) is 5.63. The lowest BCUT2D eigenvalue weighted by Gasteiger charge is -2.23. The number of hydrogen-bond acceptors (Lipinski definition) is 7. The first kappa shape index (κ1) is 21.0. The summed E-state index contributed by atoms with van der Waals surface area (Å²) in [5.74, 6) is -0.245. The molecule has 0 spiro atoms. The summed E-state index contributed by atoms with van der Waals surface area (Å²) < 4.78 is 35.6. The molecule has 0 radical (unpaired) electrons. The Morgan fingerprint density at radius 1 is 1.14 bits per heavy atom. The number of amides is 1. The molecule has 0 aromatic heterocycles. The first-order valence-corrected chi connectivity index (χ1v) is 9.75. The average Bonchev–Trinajstić information content (AvgIpc) is 2.65. The molecule has 0 aliphatic rings. The topological polar surface area (TPSA) is 128 Å². The zero-order chi connectivity index (χ0) is 20.9. The van der Waals surface area contributed by atoms with Crippen LogP contribution in [0.3, 0.4) is 0 Å². The second-order valence-corrected chi connectivity index (χ2v) is 7.54. The van der Waals surface area contributed by atoms with Crippen molar-refractivity contribution >= 4 is 33.0 Å². The van der Waals surface area contributed by atoms with Gasteiger partial charge >= 0.3 is 0 Å². The Balaban J connectivity index is 2.33. The van der Waals surface area contributed by atoms with Crippen molar-refractivity contribution in [3.8, 4) is 11.5 Å². The SMILES string of the molecule is COc1ccc([N+](=O)[O-])cc1NC(=O)CN(c1ccccc1OC)S(C)(=O)=O. The fraction of sp³-hybridized carbons (Fsp3) is 0.235. The lowest BCUT2D eigenvalue weighted by molar-refractivity contribution is -0.384. The van der Waals surface area contributed by atoms with E-state index in [4.69, 9.17) is 9.47 Å². The summed E-state index contributed by atoms with van der Waals surface area (Å²) in [4.78, 5) is 22.8. The fourth-order valence-electron chi connectivity index (χ4n) is 2.44. The van der Waals surface area contributed by atoms with Gasteiger partial charge in [-0.2, -0.15) is 0 Å². The first-order chi connectivity index (χ1) is 13.2. The highest BCUT2D eigenvalue weighted by Gasteiger charge is 2.24. The molecule has 0 saturated carbocycles. The van der Waals surface area contributed by atoms with E-state index in [1.54, 1.807) is 18.2 Å². The van der Waals surface area contributed by atoms with Crippen LogP contribution < -0.4 is 19.1 Å². The van der Waals surface area contributed by atoms with Crippen molar-refractivity contribution in [3.63, 3.8) is 0 Å². The van der Waals surface area contributed by atoms with Gasteiger partial charge in [0.05, 0.1) is 36.8 Å². The molecule has 0 aliphatic heterocycles. The molecule has 150 valence electrons. The minimum atomic E-state index is -3.82. The van der Waals surface area contributed by atoms with E-state index in [9.17, 15) is 23.3 Å². The van der Waals surface area contributed by atoms with Gasteiger partial charge in [0.25, 0.3) is 5.69 Å². The number of non-ortho nitro benzene ring substituents is 1. The van der Waals surface area contributed by atoms with Crippen molar-refractivity contribution < 1.29 is 27.6 Å². The molecule has 0 aliphatic carbocycles. The smallest absolute Gasteiger partial charge is 0.271 e. The molecule has 0 atom stereocenters. The van der Waals surface area contributed by atoms with Gasteiger partial charge in [-0.1, -0.05) is 12.1 Å². The van der Waals surface area contributed by atoms with Gasteiger partial charge in [-0.25, -0.2) is 8.42 Å². The lowest BCUT2D eigenvalue weighted by Crippen LogP contribution is -2.37. The van der Waals surface area contributed by atoms with Crippen LogP contribution in [-0.4, -0.2) is 46.3 Å². The molecule has 0 saturated heterocycles. The second kappa shape index (κ2) is 8.57. The Morgan fingerprint density at radius 3 is 2.36 bits per heavy atom. The van der Waals surface area contributed by atoms with E-state index in [1.165, 1.54) is 32.4 Å².